The van der Waals surface area contributed by atoms with Gasteiger partial charge in [-0.25, -0.2) is 0 Å². The van der Waals surface area contributed by atoms with Crippen LogP contribution in [0.15, 0.2) is 18.2 Å². The molecule has 3 N–H and O–H groups in total. The van der Waals surface area contributed by atoms with Crippen molar-refractivity contribution in [1.82, 2.24) is 0 Å². The predicted molar refractivity (Wildman–Crippen MR) is 61.0 cm³/mol. The zero-order chi connectivity index (χ0) is 11.0. The molecule has 1 unspecified atom stereocenters. The molecule has 0 aromatic heterocycles. The van der Waals surface area contributed by atoms with Crippen LogP contribution in [0.1, 0.15) is 36.8 Å². The van der Waals surface area contributed by atoms with Gasteiger partial charge in [0.2, 0.25) is 5.91 Å². The number of hydrogen-bond donors (Lipinski definition) is 2. The maximum absolute atomic E-state index is 11.6. The molecule has 1 aliphatic heterocycles. The number of anilines is 1. The molecule has 3 heteroatoms. The monoisotopic (exact) mass is 204 g/mol. The van der Waals surface area contributed by atoms with Crippen LogP contribution in [-0.2, 0) is 4.79 Å². The van der Waals surface area contributed by atoms with Crippen LogP contribution in [0, 0.1) is 0 Å². The Morgan fingerprint density at radius 1 is 1.47 bits per heavy atom. The second kappa shape index (κ2) is 3.66. The standard InChI is InChI=1S/C12H16N2O/c1-7(2)8-4-3-5-9-10(6-13)12(15)14-11(8)9/h3-5,7,10H,6,13H2,1-2H3,(H,14,15). The predicted octanol–water partition coefficient (Wildman–Crippen LogP) is 1.80. The van der Waals surface area contributed by atoms with Crippen molar-refractivity contribution in [2.75, 3.05) is 11.9 Å². The van der Waals surface area contributed by atoms with Gasteiger partial charge in [0.25, 0.3) is 0 Å². The quantitative estimate of drug-likeness (QED) is 0.771. The summed E-state index contributed by atoms with van der Waals surface area (Å²) in [5.41, 5.74) is 8.83. The Morgan fingerprint density at radius 3 is 2.80 bits per heavy atom. The maximum Gasteiger partial charge on any atom is 0.233 e. The molecule has 0 radical (unpaired) electrons. The molecular weight excluding hydrogens is 188 g/mol. The first-order valence-electron chi connectivity index (χ1n) is 5.29. The van der Waals surface area contributed by atoms with Gasteiger partial charge in [0.15, 0.2) is 0 Å². The fourth-order valence-corrected chi connectivity index (χ4v) is 2.09. The number of nitrogens with two attached hydrogens (primary N) is 1. The summed E-state index contributed by atoms with van der Waals surface area (Å²) in [7, 11) is 0. The molecule has 1 atom stereocenters. The highest BCUT2D eigenvalue weighted by Crippen LogP contribution is 2.37. The summed E-state index contributed by atoms with van der Waals surface area (Å²) < 4.78 is 0. The van der Waals surface area contributed by atoms with Gasteiger partial charge in [-0.05, 0) is 17.0 Å². The van der Waals surface area contributed by atoms with Crippen molar-refractivity contribution in [3.8, 4) is 0 Å². The highest BCUT2D eigenvalue weighted by atomic mass is 16.2. The molecule has 80 valence electrons. The molecule has 2 rings (SSSR count). The van der Waals surface area contributed by atoms with Crippen molar-refractivity contribution < 1.29 is 4.79 Å². The van der Waals surface area contributed by atoms with E-state index in [4.69, 9.17) is 5.73 Å². The molecule has 0 aliphatic carbocycles. The lowest BCUT2D eigenvalue weighted by atomic mass is 9.94. The first-order valence-corrected chi connectivity index (χ1v) is 5.29. The van der Waals surface area contributed by atoms with Gasteiger partial charge in [0.1, 0.15) is 0 Å². The summed E-state index contributed by atoms with van der Waals surface area (Å²) in [6.45, 7) is 4.62. The minimum atomic E-state index is -0.168. The highest BCUT2D eigenvalue weighted by Gasteiger charge is 2.30. The smallest absolute Gasteiger partial charge is 0.233 e. The summed E-state index contributed by atoms with van der Waals surface area (Å²) in [5, 5.41) is 2.93. The van der Waals surface area contributed by atoms with E-state index in [0.717, 1.165) is 11.3 Å². The van der Waals surface area contributed by atoms with Gasteiger partial charge in [-0.3, -0.25) is 4.79 Å². The van der Waals surface area contributed by atoms with E-state index in [1.807, 2.05) is 12.1 Å². The number of fused-ring (bicyclic) bond motifs is 1. The van der Waals surface area contributed by atoms with Crippen molar-refractivity contribution in [1.29, 1.82) is 0 Å². The van der Waals surface area contributed by atoms with Crippen LogP contribution in [0.2, 0.25) is 0 Å². The Hall–Kier alpha value is -1.35. The van der Waals surface area contributed by atoms with Gasteiger partial charge in [0, 0.05) is 12.2 Å². The van der Waals surface area contributed by atoms with Crippen LogP contribution in [-0.4, -0.2) is 12.5 Å². The number of carbonyl (C=O) groups excluding carboxylic acids is 1. The Morgan fingerprint density at radius 2 is 2.20 bits per heavy atom. The molecule has 1 aliphatic rings. The maximum atomic E-state index is 11.6. The van der Waals surface area contributed by atoms with Gasteiger partial charge < -0.3 is 11.1 Å². The van der Waals surface area contributed by atoms with E-state index in [9.17, 15) is 4.79 Å². The summed E-state index contributed by atoms with van der Waals surface area (Å²) in [6.07, 6.45) is 0. The van der Waals surface area contributed by atoms with Crippen LogP contribution in [0.5, 0.6) is 0 Å². The van der Waals surface area contributed by atoms with Crippen molar-refractivity contribution >= 4 is 11.6 Å². The summed E-state index contributed by atoms with van der Waals surface area (Å²) in [6, 6.07) is 6.04. The SMILES string of the molecule is CC(C)c1cccc2c1NC(=O)C2CN. The molecule has 1 aromatic carbocycles. The summed E-state index contributed by atoms with van der Waals surface area (Å²) in [4.78, 5) is 11.6. The van der Waals surface area contributed by atoms with Crippen LogP contribution in [0.3, 0.4) is 0 Å². The van der Waals surface area contributed by atoms with E-state index in [1.54, 1.807) is 0 Å². The molecule has 1 heterocycles. The minimum Gasteiger partial charge on any atom is -0.329 e. The number of rotatable bonds is 2. The van der Waals surface area contributed by atoms with Gasteiger partial charge in [-0.1, -0.05) is 32.0 Å². The van der Waals surface area contributed by atoms with E-state index in [0.29, 0.717) is 12.5 Å². The van der Waals surface area contributed by atoms with E-state index in [1.165, 1.54) is 5.56 Å². The summed E-state index contributed by atoms with van der Waals surface area (Å²) >= 11 is 0. The fraction of sp³-hybridized carbons (Fsp3) is 0.417. The molecule has 0 saturated heterocycles. The number of para-hydroxylation sites is 1. The van der Waals surface area contributed by atoms with Crippen molar-refractivity contribution in [3.63, 3.8) is 0 Å². The number of hydrogen-bond acceptors (Lipinski definition) is 2. The number of amides is 1. The van der Waals surface area contributed by atoms with Crippen LogP contribution in [0.25, 0.3) is 0 Å². The Balaban J connectivity index is 2.52. The average Bonchev–Trinajstić information content (AvgIpc) is 2.52. The van der Waals surface area contributed by atoms with Crippen molar-refractivity contribution in [2.45, 2.75) is 25.7 Å². The zero-order valence-electron chi connectivity index (χ0n) is 9.08. The van der Waals surface area contributed by atoms with Gasteiger partial charge in [-0.15, -0.1) is 0 Å². The zero-order valence-corrected chi connectivity index (χ0v) is 9.08. The number of carbonyl (C=O) groups is 1. The highest BCUT2D eigenvalue weighted by molar-refractivity contribution is 6.04. The molecule has 0 fully saturated rings. The Bertz CT molecular complexity index is 399. The molecule has 1 aromatic rings. The van der Waals surface area contributed by atoms with E-state index >= 15 is 0 Å². The summed E-state index contributed by atoms with van der Waals surface area (Å²) in [5.74, 6) is 0.274. The second-order valence-corrected chi connectivity index (χ2v) is 4.24. The normalized spacial score (nSPS) is 19.2. The van der Waals surface area contributed by atoms with E-state index in [-0.39, 0.29) is 11.8 Å². The second-order valence-electron chi connectivity index (χ2n) is 4.24. The Labute approximate surface area is 89.7 Å². The lowest BCUT2D eigenvalue weighted by Gasteiger charge is -2.11. The fourth-order valence-electron chi connectivity index (χ4n) is 2.09. The third-order valence-corrected chi connectivity index (χ3v) is 2.93. The lowest BCUT2D eigenvalue weighted by molar-refractivity contribution is -0.116. The van der Waals surface area contributed by atoms with Crippen molar-refractivity contribution in [3.05, 3.63) is 29.3 Å². The van der Waals surface area contributed by atoms with Gasteiger partial charge >= 0.3 is 0 Å². The van der Waals surface area contributed by atoms with Gasteiger partial charge in [0.05, 0.1) is 5.92 Å². The topological polar surface area (TPSA) is 55.1 Å². The van der Waals surface area contributed by atoms with Crippen LogP contribution in [0.4, 0.5) is 5.69 Å². The first kappa shape index (κ1) is 10.2. The molecular formula is C12H16N2O. The Kier molecular flexibility index (Phi) is 2.49. The number of nitrogens with one attached hydrogen (secondary N) is 1. The van der Waals surface area contributed by atoms with Crippen LogP contribution >= 0.6 is 0 Å². The first-order chi connectivity index (χ1) is 7.15. The van der Waals surface area contributed by atoms with Crippen molar-refractivity contribution in [2.24, 2.45) is 5.73 Å². The van der Waals surface area contributed by atoms with E-state index < -0.39 is 0 Å². The minimum absolute atomic E-state index is 0.0283. The third kappa shape index (κ3) is 1.53. The van der Waals surface area contributed by atoms with Crippen LogP contribution < -0.4 is 11.1 Å². The molecule has 15 heavy (non-hydrogen) atoms. The molecule has 0 saturated carbocycles. The van der Waals surface area contributed by atoms with Gasteiger partial charge in [-0.2, -0.15) is 0 Å². The third-order valence-electron chi connectivity index (χ3n) is 2.93. The molecule has 0 bridgehead atoms. The number of benzene rings is 1. The lowest BCUT2D eigenvalue weighted by Crippen LogP contribution is -2.20. The average molecular weight is 204 g/mol. The largest absolute Gasteiger partial charge is 0.329 e. The molecule has 3 nitrogen and oxygen atoms in total. The van der Waals surface area contributed by atoms with E-state index in [2.05, 4.69) is 25.2 Å². The molecule has 1 amide bonds. The molecule has 0 spiro atoms.